The number of esters is 3. The van der Waals surface area contributed by atoms with Gasteiger partial charge < -0.3 is 14.2 Å². The van der Waals surface area contributed by atoms with Gasteiger partial charge in [0.15, 0.2) is 6.10 Å². The van der Waals surface area contributed by atoms with E-state index in [0.29, 0.717) is 19.3 Å². The Morgan fingerprint density at radius 1 is 0.273 bits per heavy atom. The van der Waals surface area contributed by atoms with E-state index in [4.69, 9.17) is 14.2 Å². The van der Waals surface area contributed by atoms with Crippen molar-refractivity contribution in [3.8, 4) is 0 Å². The number of hydrogen-bond acceptors (Lipinski definition) is 6. The van der Waals surface area contributed by atoms with Crippen LogP contribution in [0.1, 0.15) is 278 Å². The summed E-state index contributed by atoms with van der Waals surface area (Å²) in [7, 11) is 0. The van der Waals surface area contributed by atoms with Crippen molar-refractivity contribution in [3.63, 3.8) is 0 Å². The summed E-state index contributed by atoms with van der Waals surface area (Å²) >= 11 is 0. The topological polar surface area (TPSA) is 78.9 Å². The summed E-state index contributed by atoms with van der Waals surface area (Å²) in [6, 6.07) is 0. The highest BCUT2D eigenvalue weighted by atomic mass is 16.6. The Morgan fingerprint density at radius 3 is 0.870 bits per heavy atom. The standard InChI is InChI=1S/C71H116O6/c1-4-7-10-13-16-19-22-25-28-31-33-34-35-36-38-40-43-46-49-52-55-58-61-64-70(73)76-67-68(66-75-69(72)63-60-57-54-51-48-45-42-39-30-27-24-21-18-15-12-9-6-3)77-71(74)65-62-59-56-53-50-47-44-41-37-32-29-26-23-20-17-14-11-8-5-2/h8,11,17-18,20-22,25-27,29-31,33,35-37,41,47,50,56,59,68H,4-7,9-10,12-16,19,23-24,28,32,34,38-40,42-46,48-49,51-55,57-58,60-67H2,1-3H3/b11-8-,20-17-,21-18-,25-22-,29-26-,30-27-,33-31-,36-35-,41-37-,50-47-,59-56-. The normalized spacial score (nSPS) is 13.0. The molecule has 0 aromatic rings. The third-order valence-corrected chi connectivity index (χ3v) is 13.1. The van der Waals surface area contributed by atoms with Crippen LogP contribution in [-0.4, -0.2) is 37.2 Å². The molecule has 0 saturated carbocycles. The third kappa shape index (κ3) is 62.3. The number of rotatable bonds is 56. The molecule has 0 amide bonds. The number of ether oxygens (including phenoxy) is 3. The molecule has 6 heteroatoms. The molecular formula is C71H116O6. The molecule has 0 aliphatic carbocycles. The number of carbonyl (C=O) groups is 3. The van der Waals surface area contributed by atoms with Gasteiger partial charge in [-0.2, -0.15) is 0 Å². The number of carbonyl (C=O) groups excluding carboxylic acids is 3. The minimum absolute atomic E-state index is 0.118. The molecule has 77 heavy (non-hydrogen) atoms. The molecule has 0 rings (SSSR count). The van der Waals surface area contributed by atoms with E-state index in [1.54, 1.807) is 0 Å². The Labute approximate surface area is 475 Å². The minimum Gasteiger partial charge on any atom is -0.462 e. The van der Waals surface area contributed by atoms with Crippen LogP contribution in [0.4, 0.5) is 0 Å². The molecule has 6 nitrogen and oxygen atoms in total. The van der Waals surface area contributed by atoms with E-state index in [-0.39, 0.29) is 31.6 Å². The molecule has 0 radical (unpaired) electrons. The van der Waals surface area contributed by atoms with E-state index in [1.807, 2.05) is 6.08 Å². The van der Waals surface area contributed by atoms with E-state index in [1.165, 1.54) is 122 Å². The maximum Gasteiger partial charge on any atom is 0.306 e. The second kappa shape index (κ2) is 64.1. The highest BCUT2D eigenvalue weighted by molar-refractivity contribution is 5.71. The van der Waals surface area contributed by atoms with Gasteiger partial charge in [-0.15, -0.1) is 0 Å². The largest absolute Gasteiger partial charge is 0.462 e. The Bertz CT molecular complexity index is 1650. The van der Waals surface area contributed by atoms with Crippen molar-refractivity contribution in [1.29, 1.82) is 0 Å². The Balaban J connectivity index is 4.52. The molecule has 436 valence electrons. The smallest absolute Gasteiger partial charge is 0.306 e. The Hall–Kier alpha value is -4.45. The summed E-state index contributed by atoms with van der Waals surface area (Å²) in [6.45, 7) is 6.42. The second-order valence-electron chi connectivity index (χ2n) is 20.6. The zero-order chi connectivity index (χ0) is 55.7. The van der Waals surface area contributed by atoms with Crippen LogP contribution in [0.15, 0.2) is 134 Å². The molecule has 0 saturated heterocycles. The van der Waals surface area contributed by atoms with Crippen LogP contribution < -0.4 is 0 Å². The summed E-state index contributed by atoms with van der Waals surface area (Å²) < 4.78 is 16.8. The van der Waals surface area contributed by atoms with E-state index < -0.39 is 12.1 Å². The zero-order valence-electron chi connectivity index (χ0n) is 49.9. The first-order valence-corrected chi connectivity index (χ1v) is 31.7. The highest BCUT2D eigenvalue weighted by Gasteiger charge is 2.19. The van der Waals surface area contributed by atoms with Gasteiger partial charge in [-0.1, -0.05) is 264 Å². The predicted molar refractivity (Wildman–Crippen MR) is 334 cm³/mol. The lowest BCUT2D eigenvalue weighted by Crippen LogP contribution is -2.30. The van der Waals surface area contributed by atoms with Gasteiger partial charge in [-0.05, 0) is 128 Å². The van der Waals surface area contributed by atoms with Crippen LogP contribution >= 0.6 is 0 Å². The van der Waals surface area contributed by atoms with Crippen LogP contribution in [0.2, 0.25) is 0 Å². The lowest BCUT2D eigenvalue weighted by atomic mass is 10.1. The first-order valence-electron chi connectivity index (χ1n) is 31.7. The fourth-order valence-corrected chi connectivity index (χ4v) is 8.39. The Kier molecular flexibility index (Phi) is 60.4. The molecule has 0 aromatic heterocycles. The molecule has 0 spiro atoms. The molecule has 1 unspecified atom stereocenters. The zero-order valence-corrected chi connectivity index (χ0v) is 49.9. The Morgan fingerprint density at radius 2 is 0.532 bits per heavy atom. The number of unbranched alkanes of at least 4 members (excludes halogenated alkanes) is 23. The van der Waals surface area contributed by atoms with Crippen LogP contribution in [0, 0.1) is 0 Å². The lowest BCUT2D eigenvalue weighted by molar-refractivity contribution is -0.166. The SMILES string of the molecule is CC/C=C\C/C=C\C/C=C\C/C=C\C/C=C\C/C=C\CCC(=O)OC(COC(=O)CCCCCCCCC/C=C\C/C=C\CCCCC)COC(=O)CCCCCCCCCC/C=C\C/C=C\C/C=C\CCCCCCC. The van der Waals surface area contributed by atoms with Gasteiger partial charge in [0.1, 0.15) is 13.2 Å². The average molecular weight is 1070 g/mol. The van der Waals surface area contributed by atoms with E-state index in [9.17, 15) is 14.4 Å². The second-order valence-corrected chi connectivity index (χ2v) is 20.6. The number of hydrogen-bond donors (Lipinski definition) is 0. The van der Waals surface area contributed by atoms with Crippen molar-refractivity contribution in [2.45, 2.75) is 284 Å². The van der Waals surface area contributed by atoms with Crippen molar-refractivity contribution in [2.75, 3.05) is 13.2 Å². The molecule has 0 bridgehead atoms. The monoisotopic (exact) mass is 1060 g/mol. The average Bonchev–Trinajstić information content (AvgIpc) is 3.43. The predicted octanol–water partition coefficient (Wildman–Crippen LogP) is 21.8. The maximum absolute atomic E-state index is 12.9. The first kappa shape index (κ1) is 72.5. The fraction of sp³-hybridized carbons (Fsp3) is 0.648. The van der Waals surface area contributed by atoms with Gasteiger partial charge in [-0.25, -0.2) is 0 Å². The van der Waals surface area contributed by atoms with Crippen LogP contribution in [-0.2, 0) is 28.6 Å². The van der Waals surface area contributed by atoms with Crippen molar-refractivity contribution in [3.05, 3.63) is 134 Å². The third-order valence-electron chi connectivity index (χ3n) is 13.1. The van der Waals surface area contributed by atoms with Crippen molar-refractivity contribution < 1.29 is 28.6 Å². The van der Waals surface area contributed by atoms with Crippen LogP contribution in [0.3, 0.4) is 0 Å². The number of allylic oxidation sites excluding steroid dienone is 22. The minimum atomic E-state index is -0.832. The van der Waals surface area contributed by atoms with Gasteiger partial charge in [0.2, 0.25) is 0 Å². The molecular weight excluding hydrogens is 949 g/mol. The van der Waals surface area contributed by atoms with Gasteiger partial charge in [0.05, 0.1) is 0 Å². The molecule has 0 aromatic carbocycles. The van der Waals surface area contributed by atoms with Crippen LogP contribution in [0.25, 0.3) is 0 Å². The van der Waals surface area contributed by atoms with Crippen molar-refractivity contribution >= 4 is 17.9 Å². The molecule has 0 aliphatic heterocycles. The summed E-state index contributed by atoms with van der Waals surface area (Å²) in [6.07, 6.45) is 90.3. The van der Waals surface area contributed by atoms with Gasteiger partial charge >= 0.3 is 17.9 Å². The fourth-order valence-electron chi connectivity index (χ4n) is 8.39. The van der Waals surface area contributed by atoms with Crippen LogP contribution in [0.5, 0.6) is 0 Å². The molecule has 0 N–H and O–H groups in total. The van der Waals surface area contributed by atoms with E-state index in [0.717, 1.165) is 109 Å². The molecule has 1 atom stereocenters. The lowest BCUT2D eigenvalue weighted by Gasteiger charge is -2.18. The molecule has 0 aliphatic rings. The first-order chi connectivity index (χ1) is 38.0. The molecule has 0 heterocycles. The maximum atomic E-state index is 12.9. The summed E-state index contributed by atoms with van der Waals surface area (Å²) in [5, 5.41) is 0. The quantitative estimate of drug-likeness (QED) is 0.0261. The van der Waals surface area contributed by atoms with Gasteiger partial charge in [0, 0.05) is 19.3 Å². The highest BCUT2D eigenvalue weighted by Crippen LogP contribution is 2.14. The van der Waals surface area contributed by atoms with Crippen molar-refractivity contribution in [2.24, 2.45) is 0 Å². The summed E-state index contributed by atoms with van der Waals surface area (Å²) in [4.78, 5) is 38.3. The van der Waals surface area contributed by atoms with Crippen molar-refractivity contribution in [1.82, 2.24) is 0 Å². The molecule has 0 fully saturated rings. The van der Waals surface area contributed by atoms with E-state index >= 15 is 0 Å². The van der Waals surface area contributed by atoms with Gasteiger partial charge in [-0.3, -0.25) is 14.4 Å². The summed E-state index contributed by atoms with van der Waals surface area (Å²) in [5.41, 5.74) is 0. The van der Waals surface area contributed by atoms with E-state index in [2.05, 4.69) is 148 Å². The summed E-state index contributed by atoms with van der Waals surface area (Å²) in [5.74, 6) is -1.02. The van der Waals surface area contributed by atoms with Gasteiger partial charge in [0.25, 0.3) is 0 Å².